The quantitative estimate of drug-likeness (QED) is 0.669. The van der Waals surface area contributed by atoms with Crippen LogP contribution in [0.4, 0.5) is 0 Å². The van der Waals surface area contributed by atoms with E-state index in [0.717, 1.165) is 32.2 Å². The number of rotatable bonds is 6. The summed E-state index contributed by atoms with van der Waals surface area (Å²) in [6.45, 7) is 4.52. The monoisotopic (exact) mass is 242 g/mol. The van der Waals surface area contributed by atoms with Gasteiger partial charge in [0, 0.05) is 19.1 Å². The minimum Gasteiger partial charge on any atom is -0.383 e. The van der Waals surface area contributed by atoms with Crippen molar-refractivity contribution in [2.24, 2.45) is 5.92 Å². The van der Waals surface area contributed by atoms with Gasteiger partial charge >= 0.3 is 0 Å². The molecule has 1 rings (SSSR count). The van der Waals surface area contributed by atoms with E-state index in [1.165, 1.54) is 0 Å². The molecule has 0 aromatic heterocycles. The van der Waals surface area contributed by atoms with E-state index in [4.69, 9.17) is 4.74 Å². The van der Waals surface area contributed by atoms with Gasteiger partial charge in [-0.3, -0.25) is 9.69 Å². The first kappa shape index (κ1) is 14.1. The van der Waals surface area contributed by atoms with Gasteiger partial charge in [-0.1, -0.05) is 0 Å². The van der Waals surface area contributed by atoms with Gasteiger partial charge in [-0.25, -0.2) is 0 Å². The van der Waals surface area contributed by atoms with Crippen LogP contribution >= 0.6 is 0 Å². The summed E-state index contributed by atoms with van der Waals surface area (Å²) < 4.78 is 4.96. The van der Waals surface area contributed by atoms with Crippen molar-refractivity contribution in [2.45, 2.75) is 25.8 Å². The molecule has 1 fully saturated rings. The number of nitrogens with zero attached hydrogens (tertiary/aromatic N) is 1. The number of carbonyl (C=O) groups excluding carboxylic acids is 2. The van der Waals surface area contributed by atoms with Crippen LogP contribution in [0.3, 0.4) is 0 Å². The Hall–Kier alpha value is -0.940. The average Bonchev–Trinajstić information content (AvgIpc) is 2.30. The largest absolute Gasteiger partial charge is 0.383 e. The van der Waals surface area contributed by atoms with Gasteiger partial charge in [0.2, 0.25) is 5.91 Å². The molecule has 0 aromatic carbocycles. The van der Waals surface area contributed by atoms with Crippen molar-refractivity contribution >= 4 is 12.2 Å². The lowest BCUT2D eigenvalue weighted by atomic mass is 9.99. The standard InChI is InChI=1S/C12H22N2O3/c1-10(9-17-2)13-12(16)7-14-5-3-11(8-15)4-6-14/h8,10-11H,3-7,9H2,1-2H3,(H,13,16). The van der Waals surface area contributed by atoms with Crippen molar-refractivity contribution in [3.63, 3.8) is 0 Å². The van der Waals surface area contributed by atoms with Crippen LogP contribution in [0.1, 0.15) is 19.8 Å². The first-order valence-electron chi connectivity index (χ1n) is 6.11. The number of methoxy groups -OCH3 is 1. The summed E-state index contributed by atoms with van der Waals surface area (Å²) in [7, 11) is 1.62. The second kappa shape index (κ2) is 7.40. The third kappa shape index (κ3) is 5.28. The van der Waals surface area contributed by atoms with E-state index >= 15 is 0 Å². The van der Waals surface area contributed by atoms with Gasteiger partial charge < -0.3 is 14.8 Å². The molecule has 1 heterocycles. The number of hydrogen-bond donors (Lipinski definition) is 1. The average molecular weight is 242 g/mol. The van der Waals surface area contributed by atoms with E-state index in [2.05, 4.69) is 10.2 Å². The maximum absolute atomic E-state index is 11.7. The SMILES string of the molecule is COCC(C)NC(=O)CN1CCC(C=O)CC1. The number of aldehydes is 1. The third-order valence-corrected chi connectivity index (χ3v) is 3.02. The molecule has 1 aliphatic heterocycles. The normalized spacial score (nSPS) is 19.9. The Balaban J connectivity index is 2.21. The van der Waals surface area contributed by atoms with Crippen LogP contribution in [0, 0.1) is 5.92 Å². The topological polar surface area (TPSA) is 58.6 Å². The van der Waals surface area contributed by atoms with Crippen molar-refractivity contribution in [1.29, 1.82) is 0 Å². The predicted molar refractivity (Wildman–Crippen MR) is 64.7 cm³/mol. The molecule has 0 aliphatic carbocycles. The first-order chi connectivity index (χ1) is 8.15. The predicted octanol–water partition coefficient (Wildman–Crippen LogP) is 0.0484. The minimum absolute atomic E-state index is 0.0269. The molecule has 0 saturated carbocycles. The number of carbonyl (C=O) groups is 2. The first-order valence-corrected chi connectivity index (χ1v) is 6.11. The van der Waals surface area contributed by atoms with Gasteiger partial charge in [0.05, 0.1) is 13.2 Å². The number of nitrogens with one attached hydrogen (secondary N) is 1. The highest BCUT2D eigenvalue weighted by molar-refractivity contribution is 5.78. The van der Waals surface area contributed by atoms with Crippen LogP contribution in [-0.4, -0.2) is 56.5 Å². The van der Waals surface area contributed by atoms with Crippen LogP contribution in [-0.2, 0) is 14.3 Å². The summed E-state index contributed by atoms with van der Waals surface area (Å²) in [6.07, 6.45) is 2.76. The third-order valence-electron chi connectivity index (χ3n) is 3.02. The molecular formula is C12H22N2O3. The van der Waals surface area contributed by atoms with E-state index in [9.17, 15) is 9.59 Å². The molecule has 0 radical (unpaired) electrons. The number of ether oxygens (including phenoxy) is 1. The maximum atomic E-state index is 11.7. The van der Waals surface area contributed by atoms with Gasteiger partial charge in [-0.05, 0) is 32.9 Å². The Morgan fingerprint density at radius 2 is 2.18 bits per heavy atom. The molecule has 0 aromatic rings. The maximum Gasteiger partial charge on any atom is 0.234 e. The molecule has 0 bridgehead atoms. The van der Waals surface area contributed by atoms with E-state index in [-0.39, 0.29) is 17.9 Å². The summed E-state index contributed by atoms with van der Waals surface area (Å²) in [4.78, 5) is 24.4. The van der Waals surface area contributed by atoms with E-state index in [1.807, 2.05) is 6.92 Å². The minimum atomic E-state index is 0.0269. The Labute approximate surface area is 102 Å². The zero-order valence-electron chi connectivity index (χ0n) is 10.6. The molecule has 1 N–H and O–H groups in total. The Morgan fingerprint density at radius 3 is 2.71 bits per heavy atom. The lowest BCUT2D eigenvalue weighted by molar-refractivity contribution is -0.123. The van der Waals surface area contributed by atoms with Crippen LogP contribution in [0.25, 0.3) is 0 Å². The van der Waals surface area contributed by atoms with Crippen LogP contribution in [0.15, 0.2) is 0 Å². The molecule has 0 spiro atoms. The van der Waals surface area contributed by atoms with Gasteiger partial charge in [0.25, 0.3) is 0 Å². The molecular weight excluding hydrogens is 220 g/mol. The fourth-order valence-corrected chi connectivity index (χ4v) is 2.06. The zero-order chi connectivity index (χ0) is 12.7. The van der Waals surface area contributed by atoms with Gasteiger partial charge in [0.15, 0.2) is 0 Å². The van der Waals surface area contributed by atoms with Crippen LogP contribution in [0.2, 0.25) is 0 Å². The number of piperidine rings is 1. The van der Waals surface area contributed by atoms with E-state index in [0.29, 0.717) is 13.2 Å². The number of likely N-dealkylation sites (tertiary alicyclic amines) is 1. The van der Waals surface area contributed by atoms with Gasteiger partial charge in [0.1, 0.15) is 6.29 Å². The molecule has 5 nitrogen and oxygen atoms in total. The zero-order valence-corrected chi connectivity index (χ0v) is 10.6. The fourth-order valence-electron chi connectivity index (χ4n) is 2.06. The lowest BCUT2D eigenvalue weighted by Gasteiger charge is -2.29. The summed E-state index contributed by atoms with van der Waals surface area (Å²) in [5.74, 6) is 0.209. The molecule has 17 heavy (non-hydrogen) atoms. The molecule has 1 unspecified atom stereocenters. The lowest BCUT2D eigenvalue weighted by Crippen LogP contribution is -2.45. The summed E-state index contributed by atoms with van der Waals surface area (Å²) in [5, 5.41) is 2.88. The summed E-state index contributed by atoms with van der Waals surface area (Å²) >= 11 is 0. The van der Waals surface area contributed by atoms with Crippen LogP contribution < -0.4 is 5.32 Å². The molecule has 98 valence electrons. The van der Waals surface area contributed by atoms with Crippen molar-refractivity contribution in [1.82, 2.24) is 10.2 Å². The van der Waals surface area contributed by atoms with E-state index < -0.39 is 0 Å². The molecule has 1 amide bonds. The summed E-state index contributed by atoms with van der Waals surface area (Å²) in [5.41, 5.74) is 0. The number of hydrogen-bond acceptors (Lipinski definition) is 4. The highest BCUT2D eigenvalue weighted by atomic mass is 16.5. The Kier molecular flexibility index (Phi) is 6.15. The van der Waals surface area contributed by atoms with Crippen molar-refractivity contribution < 1.29 is 14.3 Å². The van der Waals surface area contributed by atoms with Gasteiger partial charge in [-0.15, -0.1) is 0 Å². The Morgan fingerprint density at radius 1 is 1.53 bits per heavy atom. The second-order valence-electron chi connectivity index (χ2n) is 4.67. The highest BCUT2D eigenvalue weighted by Crippen LogP contribution is 2.14. The van der Waals surface area contributed by atoms with Crippen molar-refractivity contribution in [2.75, 3.05) is 33.4 Å². The van der Waals surface area contributed by atoms with Crippen LogP contribution in [0.5, 0.6) is 0 Å². The smallest absolute Gasteiger partial charge is 0.234 e. The highest BCUT2D eigenvalue weighted by Gasteiger charge is 2.20. The summed E-state index contributed by atoms with van der Waals surface area (Å²) in [6, 6.07) is 0.0417. The van der Waals surface area contributed by atoms with Crippen molar-refractivity contribution in [3.8, 4) is 0 Å². The fraction of sp³-hybridized carbons (Fsp3) is 0.833. The van der Waals surface area contributed by atoms with Crippen molar-refractivity contribution in [3.05, 3.63) is 0 Å². The molecule has 1 saturated heterocycles. The molecule has 1 aliphatic rings. The molecule has 5 heteroatoms. The second-order valence-corrected chi connectivity index (χ2v) is 4.67. The van der Waals surface area contributed by atoms with Gasteiger partial charge in [-0.2, -0.15) is 0 Å². The number of amides is 1. The molecule has 1 atom stereocenters. The Bertz CT molecular complexity index is 250. The van der Waals surface area contributed by atoms with E-state index in [1.54, 1.807) is 7.11 Å².